The molecule has 0 aromatic heterocycles. The number of carbonyl (C=O) groups excluding carboxylic acids is 2. The molecular formula is C23H28Cl2N2O3. The maximum absolute atomic E-state index is 13.1. The van der Waals surface area contributed by atoms with Gasteiger partial charge in [-0.05, 0) is 49.6 Å². The van der Waals surface area contributed by atoms with Crippen molar-refractivity contribution in [3.63, 3.8) is 0 Å². The van der Waals surface area contributed by atoms with Crippen LogP contribution in [0.5, 0.6) is 5.75 Å². The van der Waals surface area contributed by atoms with Crippen LogP contribution in [0.25, 0.3) is 0 Å². The number of halogens is 2. The predicted molar refractivity (Wildman–Crippen MR) is 121 cm³/mol. The van der Waals surface area contributed by atoms with Gasteiger partial charge >= 0.3 is 0 Å². The molecule has 1 N–H and O–H groups in total. The minimum atomic E-state index is -0.655. The lowest BCUT2D eigenvalue weighted by atomic mass is 10.1. The zero-order valence-electron chi connectivity index (χ0n) is 17.6. The quantitative estimate of drug-likeness (QED) is 0.552. The van der Waals surface area contributed by atoms with Crippen LogP contribution in [-0.2, 0) is 16.1 Å². The zero-order chi connectivity index (χ0) is 22.1. The van der Waals surface area contributed by atoms with E-state index in [-0.39, 0.29) is 25.0 Å². The number of nitrogens with zero attached hydrogens (tertiary/aromatic N) is 1. The van der Waals surface area contributed by atoms with Crippen LogP contribution in [0.1, 0.15) is 37.8 Å². The van der Waals surface area contributed by atoms with Crippen molar-refractivity contribution in [3.05, 3.63) is 63.6 Å². The summed E-state index contributed by atoms with van der Waals surface area (Å²) in [4.78, 5) is 27.4. The van der Waals surface area contributed by atoms with Crippen LogP contribution in [0.2, 0.25) is 10.0 Å². The van der Waals surface area contributed by atoms with Gasteiger partial charge in [0.2, 0.25) is 5.91 Å². The third-order valence-corrected chi connectivity index (χ3v) is 5.39. The van der Waals surface area contributed by atoms with Crippen molar-refractivity contribution < 1.29 is 14.3 Å². The molecule has 2 aromatic rings. The first kappa shape index (κ1) is 24.0. The van der Waals surface area contributed by atoms with E-state index in [0.29, 0.717) is 34.3 Å². The lowest BCUT2D eigenvalue weighted by Gasteiger charge is -2.31. The number of aryl methyl sites for hydroxylation is 1. The van der Waals surface area contributed by atoms with E-state index in [4.69, 9.17) is 27.9 Å². The van der Waals surface area contributed by atoms with Crippen molar-refractivity contribution in [3.8, 4) is 5.75 Å². The monoisotopic (exact) mass is 450 g/mol. The van der Waals surface area contributed by atoms with Gasteiger partial charge in [0.15, 0.2) is 6.61 Å². The Morgan fingerprint density at radius 2 is 1.77 bits per heavy atom. The van der Waals surface area contributed by atoms with Gasteiger partial charge in [0.05, 0.1) is 0 Å². The molecule has 0 spiro atoms. The van der Waals surface area contributed by atoms with Gasteiger partial charge < -0.3 is 15.0 Å². The molecule has 0 heterocycles. The number of rotatable bonds is 10. The maximum Gasteiger partial charge on any atom is 0.261 e. The first-order valence-electron chi connectivity index (χ1n) is 10.1. The summed E-state index contributed by atoms with van der Waals surface area (Å²) in [6.45, 7) is 6.26. The summed E-state index contributed by atoms with van der Waals surface area (Å²) in [5.41, 5.74) is 1.64. The molecule has 0 aliphatic heterocycles. The Bertz CT molecular complexity index is 853. The van der Waals surface area contributed by atoms with Crippen LogP contribution >= 0.6 is 23.2 Å². The lowest BCUT2D eigenvalue weighted by molar-refractivity contribution is -0.143. The van der Waals surface area contributed by atoms with Crippen molar-refractivity contribution in [1.29, 1.82) is 0 Å². The van der Waals surface area contributed by atoms with E-state index < -0.39 is 6.04 Å². The Balaban J connectivity index is 2.26. The number of benzene rings is 2. The third kappa shape index (κ3) is 6.64. The highest BCUT2D eigenvalue weighted by atomic mass is 35.5. The number of hydrogen-bond donors (Lipinski definition) is 1. The van der Waals surface area contributed by atoms with Crippen LogP contribution < -0.4 is 10.1 Å². The van der Waals surface area contributed by atoms with E-state index >= 15 is 0 Å². The normalized spacial score (nSPS) is 11.6. The molecule has 0 fully saturated rings. The van der Waals surface area contributed by atoms with Crippen molar-refractivity contribution in [1.82, 2.24) is 10.2 Å². The molecule has 2 amide bonds. The van der Waals surface area contributed by atoms with Crippen LogP contribution in [0.4, 0.5) is 0 Å². The van der Waals surface area contributed by atoms with Crippen LogP contribution in [0, 0.1) is 6.92 Å². The van der Waals surface area contributed by atoms with Gasteiger partial charge in [0.1, 0.15) is 11.8 Å². The van der Waals surface area contributed by atoms with E-state index in [0.717, 1.165) is 12.0 Å². The molecule has 0 aliphatic rings. The van der Waals surface area contributed by atoms with Crippen molar-refractivity contribution >= 4 is 35.0 Å². The number of amides is 2. The summed E-state index contributed by atoms with van der Waals surface area (Å²) in [5, 5.41) is 3.77. The van der Waals surface area contributed by atoms with Crippen LogP contribution in [0.3, 0.4) is 0 Å². The Morgan fingerprint density at radius 1 is 1.10 bits per heavy atom. The standard InChI is InChI=1S/C23H28Cl2N2O3/c1-4-12-26-23(29)21(5-2)27(14-18-19(24)10-7-11-20(18)25)22(28)15-30-17-9-6-8-16(3)13-17/h6-11,13,21H,4-5,12,14-15H2,1-3H3,(H,26,29). The van der Waals surface area contributed by atoms with E-state index in [1.54, 1.807) is 24.3 Å². The number of hydrogen-bond acceptors (Lipinski definition) is 3. The highest BCUT2D eigenvalue weighted by Gasteiger charge is 2.29. The van der Waals surface area contributed by atoms with Crippen molar-refractivity contribution in [2.75, 3.05) is 13.2 Å². The first-order chi connectivity index (χ1) is 14.4. The smallest absolute Gasteiger partial charge is 0.261 e. The first-order valence-corrected chi connectivity index (χ1v) is 10.8. The summed E-state index contributed by atoms with van der Waals surface area (Å²) in [7, 11) is 0. The third-order valence-electron chi connectivity index (χ3n) is 4.68. The van der Waals surface area contributed by atoms with Crippen LogP contribution in [-0.4, -0.2) is 35.9 Å². The molecule has 5 nitrogen and oxygen atoms in total. The molecule has 2 rings (SSSR count). The molecule has 162 valence electrons. The minimum Gasteiger partial charge on any atom is -0.484 e. The largest absolute Gasteiger partial charge is 0.484 e. The molecule has 1 atom stereocenters. The van der Waals surface area contributed by atoms with Crippen molar-refractivity contribution in [2.24, 2.45) is 0 Å². The molecule has 0 bridgehead atoms. The van der Waals surface area contributed by atoms with Gasteiger partial charge in [-0.3, -0.25) is 9.59 Å². The summed E-state index contributed by atoms with van der Waals surface area (Å²) >= 11 is 12.7. The Hall–Kier alpha value is -2.24. The highest BCUT2D eigenvalue weighted by molar-refractivity contribution is 6.36. The SMILES string of the molecule is CCCNC(=O)C(CC)N(Cc1c(Cl)cccc1Cl)C(=O)COc1cccc(C)c1. The summed E-state index contributed by atoms with van der Waals surface area (Å²) < 4.78 is 5.69. The van der Waals surface area contributed by atoms with E-state index in [1.165, 1.54) is 4.90 Å². The number of ether oxygens (including phenoxy) is 1. The van der Waals surface area contributed by atoms with Gasteiger partial charge in [-0.2, -0.15) is 0 Å². The lowest BCUT2D eigenvalue weighted by Crippen LogP contribution is -2.50. The predicted octanol–water partition coefficient (Wildman–Crippen LogP) is 5.01. The average Bonchev–Trinajstić information content (AvgIpc) is 2.72. The van der Waals surface area contributed by atoms with Gasteiger partial charge in [0.25, 0.3) is 5.91 Å². The molecule has 1 unspecified atom stereocenters. The molecule has 0 saturated heterocycles. The van der Waals surface area contributed by atoms with Gasteiger partial charge in [-0.15, -0.1) is 0 Å². The van der Waals surface area contributed by atoms with Gasteiger partial charge in [-0.1, -0.05) is 55.2 Å². The fourth-order valence-corrected chi connectivity index (χ4v) is 3.59. The van der Waals surface area contributed by atoms with Crippen LogP contribution in [0.15, 0.2) is 42.5 Å². The number of nitrogens with one attached hydrogen (secondary N) is 1. The fraction of sp³-hybridized carbons (Fsp3) is 0.391. The van der Waals surface area contributed by atoms with E-state index in [2.05, 4.69) is 5.32 Å². The second-order valence-electron chi connectivity index (χ2n) is 7.04. The van der Waals surface area contributed by atoms with E-state index in [1.807, 2.05) is 39.0 Å². The topological polar surface area (TPSA) is 58.6 Å². The fourth-order valence-electron chi connectivity index (χ4n) is 3.07. The Morgan fingerprint density at radius 3 is 2.37 bits per heavy atom. The van der Waals surface area contributed by atoms with Crippen molar-refractivity contribution in [2.45, 2.75) is 46.2 Å². The second kappa shape index (κ2) is 11.8. The number of carbonyl (C=O) groups is 2. The minimum absolute atomic E-state index is 0.118. The van der Waals surface area contributed by atoms with Gasteiger partial charge in [-0.25, -0.2) is 0 Å². The summed E-state index contributed by atoms with van der Waals surface area (Å²) in [5.74, 6) is 0.0833. The molecule has 0 saturated carbocycles. The highest BCUT2D eigenvalue weighted by Crippen LogP contribution is 2.27. The molecule has 7 heteroatoms. The second-order valence-corrected chi connectivity index (χ2v) is 7.86. The summed E-state index contributed by atoms with van der Waals surface area (Å²) in [6, 6.07) is 12.0. The zero-order valence-corrected chi connectivity index (χ0v) is 19.1. The molecule has 0 aliphatic carbocycles. The summed E-state index contributed by atoms with van der Waals surface area (Å²) in [6.07, 6.45) is 1.26. The Kier molecular flexibility index (Phi) is 9.47. The van der Waals surface area contributed by atoms with Gasteiger partial charge in [0, 0.05) is 28.7 Å². The van der Waals surface area contributed by atoms with E-state index in [9.17, 15) is 9.59 Å². The molecule has 0 radical (unpaired) electrons. The molecular weight excluding hydrogens is 423 g/mol. The Labute approximate surface area is 188 Å². The molecule has 30 heavy (non-hydrogen) atoms. The average molecular weight is 451 g/mol. The maximum atomic E-state index is 13.1. The molecule has 2 aromatic carbocycles.